The molecule has 0 saturated heterocycles. The molecule has 31 heavy (non-hydrogen) atoms. The molecule has 7 nitrogen and oxygen atoms in total. The molecule has 0 atom stereocenters. The molecular weight excluding hydrogens is 412 g/mol. The molecule has 2 aromatic carbocycles. The first-order chi connectivity index (χ1) is 15.2. The van der Waals surface area contributed by atoms with E-state index in [1.165, 1.54) is 12.8 Å². The van der Waals surface area contributed by atoms with E-state index in [1.807, 2.05) is 55.5 Å². The molecular formula is C23H26N4O3S. The largest absolute Gasteiger partial charge is 0.494 e. The van der Waals surface area contributed by atoms with Gasteiger partial charge in [0.15, 0.2) is 5.11 Å². The lowest BCUT2D eigenvalue weighted by atomic mass is 10.2. The molecule has 4 rings (SSSR count). The van der Waals surface area contributed by atoms with Crippen molar-refractivity contribution >= 4 is 23.0 Å². The maximum atomic E-state index is 5.99. The van der Waals surface area contributed by atoms with Crippen molar-refractivity contribution in [3.05, 3.63) is 54.4 Å². The van der Waals surface area contributed by atoms with Crippen molar-refractivity contribution in [1.29, 1.82) is 0 Å². The Morgan fingerprint density at radius 2 is 1.77 bits per heavy atom. The minimum atomic E-state index is 0.332. The van der Waals surface area contributed by atoms with Crippen molar-refractivity contribution in [2.24, 2.45) is 0 Å². The van der Waals surface area contributed by atoms with Crippen molar-refractivity contribution in [2.75, 3.05) is 11.9 Å². The van der Waals surface area contributed by atoms with Crippen LogP contribution in [0.4, 0.5) is 5.69 Å². The number of hydrogen-bond acceptors (Lipinski definition) is 6. The molecule has 2 N–H and O–H groups in total. The van der Waals surface area contributed by atoms with Gasteiger partial charge in [-0.25, -0.2) is 0 Å². The van der Waals surface area contributed by atoms with Gasteiger partial charge in [-0.3, -0.25) is 0 Å². The highest BCUT2D eigenvalue weighted by Gasteiger charge is 2.16. The molecule has 1 heterocycles. The number of aromatic nitrogens is 2. The number of ether oxygens (including phenoxy) is 2. The zero-order chi connectivity index (χ0) is 21.5. The van der Waals surface area contributed by atoms with Crippen LogP contribution in [-0.2, 0) is 6.54 Å². The van der Waals surface area contributed by atoms with Gasteiger partial charge in [0.05, 0.1) is 19.3 Å². The average molecular weight is 439 g/mol. The van der Waals surface area contributed by atoms with Gasteiger partial charge in [0.1, 0.15) is 11.5 Å². The third kappa shape index (κ3) is 5.95. The standard InChI is InChI=1S/C23H26N4O3S/c1-2-28-18-11-7-16(8-12-18)22-26-21(30-27-22)15-24-23(31)25-17-9-13-20(14-10-17)29-19-5-3-4-6-19/h7-14,19H,2-6,15H2,1H3,(H2,24,25,31). The van der Waals surface area contributed by atoms with Crippen molar-refractivity contribution in [3.63, 3.8) is 0 Å². The Hall–Kier alpha value is -3.13. The number of nitrogens with zero attached hydrogens (tertiary/aromatic N) is 2. The number of hydrogen-bond donors (Lipinski definition) is 2. The van der Waals surface area contributed by atoms with Crippen LogP contribution in [0.2, 0.25) is 0 Å². The van der Waals surface area contributed by atoms with Crippen LogP contribution in [0.25, 0.3) is 11.4 Å². The van der Waals surface area contributed by atoms with Gasteiger partial charge in [-0.05, 0) is 93.4 Å². The van der Waals surface area contributed by atoms with Gasteiger partial charge in [-0.1, -0.05) is 5.16 Å². The van der Waals surface area contributed by atoms with Crippen molar-refractivity contribution < 1.29 is 14.0 Å². The number of rotatable bonds is 8. The van der Waals surface area contributed by atoms with Crippen LogP contribution < -0.4 is 20.1 Å². The summed E-state index contributed by atoms with van der Waals surface area (Å²) in [6.45, 7) is 2.91. The predicted octanol–water partition coefficient (Wildman–Crippen LogP) is 4.94. The molecule has 0 spiro atoms. The fraction of sp³-hybridized carbons (Fsp3) is 0.348. The van der Waals surface area contributed by atoms with Gasteiger partial charge < -0.3 is 24.6 Å². The topological polar surface area (TPSA) is 81.4 Å². The first kappa shape index (κ1) is 21.1. The normalized spacial score (nSPS) is 13.7. The van der Waals surface area contributed by atoms with E-state index < -0.39 is 0 Å². The highest BCUT2D eigenvalue weighted by molar-refractivity contribution is 7.80. The van der Waals surface area contributed by atoms with E-state index in [2.05, 4.69) is 20.8 Å². The molecule has 1 aromatic heterocycles. The molecule has 0 bridgehead atoms. The second-order valence-corrected chi connectivity index (χ2v) is 7.73. The van der Waals surface area contributed by atoms with Crippen LogP contribution in [0.1, 0.15) is 38.5 Å². The van der Waals surface area contributed by atoms with Gasteiger partial charge >= 0.3 is 0 Å². The molecule has 1 aliphatic carbocycles. The summed E-state index contributed by atoms with van der Waals surface area (Å²) in [7, 11) is 0. The van der Waals surface area contributed by atoms with Crippen molar-refractivity contribution in [1.82, 2.24) is 15.5 Å². The molecule has 1 fully saturated rings. The lowest BCUT2D eigenvalue weighted by Gasteiger charge is -2.14. The summed E-state index contributed by atoms with van der Waals surface area (Å²) < 4.78 is 16.8. The summed E-state index contributed by atoms with van der Waals surface area (Å²) in [6.07, 6.45) is 5.15. The third-order valence-electron chi connectivity index (χ3n) is 5.01. The molecule has 1 saturated carbocycles. The van der Waals surface area contributed by atoms with E-state index in [0.717, 1.165) is 35.6 Å². The zero-order valence-corrected chi connectivity index (χ0v) is 18.3. The van der Waals surface area contributed by atoms with E-state index in [0.29, 0.717) is 36.1 Å². The number of benzene rings is 2. The van der Waals surface area contributed by atoms with E-state index in [9.17, 15) is 0 Å². The van der Waals surface area contributed by atoms with E-state index in [-0.39, 0.29) is 0 Å². The SMILES string of the molecule is CCOc1ccc(-c2noc(CNC(=S)Nc3ccc(OC4CCCC4)cc3)n2)cc1. The van der Waals surface area contributed by atoms with E-state index >= 15 is 0 Å². The number of nitrogens with one attached hydrogen (secondary N) is 2. The summed E-state index contributed by atoms with van der Waals surface area (Å²) in [5.41, 5.74) is 1.75. The Kier molecular flexibility index (Phi) is 6.99. The molecule has 8 heteroatoms. The van der Waals surface area contributed by atoms with Crippen molar-refractivity contribution in [3.8, 4) is 22.9 Å². The highest BCUT2D eigenvalue weighted by Crippen LogP contribution is 2.25. The van der Waals surface area contributed by atoms with Gasteiger partial charge in [0, 0.05) is 11.3 Å². The average Bonchev–Trinajstić information content (AvgIpc) is 3.47. The summed E-state index contributed by atoms with van der Waals surface area (Å²) in [5.74, 6) is 2.68. The Morgan fingerprint density at radius 1 is 1.06 bits per heavy atom. The quantitative estimate of drug-likeness (QED) is 0.479. The highest BCUT2D eigenvalue weighted by atomic mass is 32.1. The minimum Gasteiger partial charge on any atom is -0.494 e. The molecule has 0 radical (unpaired) electrons. The summed E-state index contributed by atoms with van der Waals surface area (Å²) >= 11 is 5.37. The van der Waals surface area contributed by atoms with E-state index in [1.54, 1.807) is 0 Å². The van der Waals surface area contributed by atoms with E-state index in [4.69, 9.17) is 26.2 Å². The van der Waals surface area contributed by atoms with Gasteiger partial charge in [-0.15, -0.1) is 0 Å². The second-order valence-electron chi connectivity index (χ2n) is 7.33. The maximum Gasteiger partial charge on any atom is 0.246 e. The summed E-state index contributed by atoms with van der Waals surface area (Å²) in [5, 5.41) is 10.7. The fourth-order valence-electron chi connectivity index (χ4n) is 3.46. The molecule has 3 aromatic rings. The van der Waals surface area contributed by atoms with Crippen LogP contribution in [-0.4, -0.2) is 28.0 Å². The molecule has 0 aliphatic heterocycles. The van der Waals surface area contributed by atoms with Crippen LogP contribution in [0, 0.1) is 0 Å². The molecule has 0 amide bonds. The predicted molar refractivity (Wildman–Crippen MR) is 123 cm³/mol. The van der Waals surface area contributed by atoms with Crippen LogP contribution in [0.15, 0.2) is 53.1 Å². The summed E-state index contributed by atoms with van der Waals surface area (Å²) in [6, 6.07) is 15.4. The van der Waals surface area contributed by atoms with Gasteiger partial charge in [0.2, 0.25) is 11.7 Å². The number of anilines is 1. The minimum absolute atomic E-state index is 0.332. The molecule has 1 aliphatic rings. The maximum absolute atomic E-state index is 5.99. The Balaban J connectivity index is 1.25. The van der Waals surface area contributed by atoms with Gasteiger partial charge in [-0.2, -0.15) is 4.98 Å². The second kappa shape index (κ2) is 10.3. The smallest absolute Gasteiger partial charge is 0.246 e. The zero-order valence-electron chi connectivity index (χ0n) is 17.5. The molecule has 162 valence electrons. The lowest BCUT2D eigenvalue weighted by molar-refractivity contribution is 0.210. The van der Waals surface area contributed by atoms with Crippen LogP contribution in [0.5, 0.6) is 11.5 Å². The Bertz CT molecular complexity index is 983. The van der Waals surface area contributed by atoms with Gasteiger partial charge in [0.25, 0.3) is 0 Å². The lowest BCUT2D eigenvalue weighted by Crippen LogP contribution is -2.28. The first-order valence-electron chi connectivity index (χ1n) is 10.6. The third-order valence-corrected chi connectivity index (χ3v) is 5.26. The summed E-state index contributed by atoms with van der Waals surface area (Å²) in [4.78, 5) is 4.41. The van der Waals surface area contributed by atoms with Crippen LogP contribution in [0.3, 0.4) is 0 Å². The Labute approximate surface area is 187 Å². The Morgan fingerprint density at radius 3 is 2.48 bits per heavy atom. The van der Waals surface area contributed by atoms with Crippen LogP contribution >= 0.6 is 12.2 Å². The monoisotopic (exact) mass is 438 g/mol. The molecule has 0 unspecified atom stereocenters. The van der Waals surface area contributed by atoms with Crippen molar-refractivity contribution in [2.45, 2.75) is 45.3 Å². The first-order valence-corrected chi connectivity index (χ1v) is 11.0. The number of thiocarbonyl (C=S) groups is 1. The fourth-order valence-corrected chi connectivity index (χ4v) is 3.65.